The first-order valence-electron chi connectivity index (χ1n) is 14.7. The molecule has 5 N–H and O–H groups in total. The lowest BCUT2D eigenvalue weighted by Crippen LogP contribution is -2.23. The first-order valence-corrected chi connectivity index (χ1v) is 20.0. The van der Waals surface area contributed by atoms with Crippen LogP contribution in [0.3, 0.4) is 0 Å². The number of hydrogen-bond donors (Lipinski definition) is 6. The molecule has 2 heterocycles. The third kappa shape index (κ3) is 8.96. The largest absolute Gasteiger partial charge is 0.384 e. The Morgan fingerprint density at radius 3 is 2.57 bits per heavy atom. The fourth-order valence-corrected chi connectivity index (χ4v) is 9.26. The molecule has 1 aliphatic heterocycles. The molecular formula is C34H38N6OS5. The van der Waals surface area contributed by atoms with E-state index < -0.39 is 8.28 Å². The standard InChI is InChI=1S/C32H32N6OS5.C2H6/c1-3-15-35-31-21(4-2)18-28(43-31)30(39)36-23-11-8-12-24(19-23)44(40,41)38-26(17-20-9-7-10-22(16-20)29(33)34)32-37-25-13-5-6-14-27(25)42-32;1-2/h3-16,18-19,26,38,40-41H,17H2,1-2H3,(H3,33,34)(H,36,39);1-2H3/b15-3-,21-4-,35-31+;. The van der Waals surface area contributed by atoms with E-state index in [0.29, 0.717) is 22.6 Å². The Hall–Kier alpha value is -3.26. The van der Waals surface area contributed by atoms with Crippen molar-refractivity contribution in [3.05, 3.63) is 124 Å². The van der Waals surface area contributed by atoms with Crippen molar-refractivity contribution in [1.82, 2.24) is 9.71 Å². The summed E-state index contributed by atoms with van der Waals surface area (Å²) in [5.41, 5.74) is 9.94. The maximum absolute atomic E-state index is 13.2. The highest BCUT2D eigenvalue weighted by atomic mass is 33.5. The monoisotopic (exact) mass is 706 g/mol. The summed E-state index contributed by atoms with van der Waals surface area (Å²) in [4.78, 5) is 24.0. The fourth-order valence-electron chi connectivity index (χ4n) is 4.49. The number of benzene rings is 3. The van der Waals surface area contributed by atoms with Crippen molar-refractivity contribution in [2.45, 2.75) is 45.1 Å². The van der Waals surface area contributed by atoms with Gasteiger partial charge in [-0.1, -0.05) is 82.4 Å². The number of thioether (sulfide) groups is 1. The Balaban J connectivity index is 0.00000235. The van der Waals surface area contributed by atoms with Crippen molar-refractivity contribution in [2.24, 2.45) is 10.7 Å². The van der Waals surface area contributed by atoms with Crippen molar-refractivity contribution < 1.29 is 4.79 Å². The average molecular weight is 707 g/mol. The van der Waals surface area contributed by atoms with Crippen LogP contribution in [0.5, 0.6) is 0 Å². The van der Waals surface area contributed by atoms with E-state index in [-0.39, 0.29) is 17.8 Å². The maximum Gasteiger partial charge on any atom is 0.262 e. The number of anilines is 1. The van der Waals surface area contributed by atoms with Gasteiger partial charge in [0.25, 0.3) is 5.91 Å². The van der Waals surface area contributed by atoms with E-state index in [1.807, 2.05) is 113 Å². The van der Waals surface area contributed by atoms with Crippen LogP contribution in [0.1, 0.15) is 49.9 Å². The van der Waals surface area contributed by atoms with Crippen LogP contribution in [0.25, 0.3) is 10.2 Å². The number of aliphatic imine (C=N–C) groups is 1. The van der Waals surface area contributed by atoms with E-state index in [9.17, 15) is 4.79 Å². The molecule has 3 aromatic carbocycles. The van der Waals surface area contributed by atoms with Crippen molar-refractivity contribution >= 4 is 87.4 Å². The molecule has 240 valence electrons. The molecule has 1 unspecified atom stereocenters. The van der Waals surface area contributed by atoms with Gasteiger partial charge in [-0.15, -0.1) is 34.7 Å². The molecule has 0 bridgehead atoms. The molecule has 46 heavy (non-hydrogen) atoms. The number of amidine groups is 1. The summed E-state index contributed by atoms with van der Waals surface area (Å²) in [6.07, 6.45) is 7.96. The number of nitrogen functional groups attached to an aromatic ring is 1. The highest BCUT2D eigenvalue weighted by molar-refractivity contribution is 9.17. The molecule has 0 fully saturated rings. The van der Waals surface area contributed by atoms with Crippen LogP contribution in [0.4, 0.5) is 5.69 Å². The van der Waals surface area contributed by atoms with Crippen LogP contribution in [-0.4, -0.2) is 21.8 Å². The number of carbonyl (C=O) groups excluding carboxylic acids is 1. The number of rotatable bonds is 10. The van der Waals surface area contributed by atoms with Gasteiger partial charge in [-0.25, -0.2) is 9.98 Å². The van der Waals surface area contributed by atoms with Crippen molar-refractivity contribution in [3.63, 3.8) is 0 Å². The lowest BCUT2D eigenvalue weighted by molar-refractivity contribution is -0.112. The topological polar surface area (TPSA) is 116 Å². The number of thiol groups is 2. The first-order chi connectivity index (χ1) is 22.2. The van der Waals surface area contributed by atoms with Gasteiger partial charge in [0.2, 0.25) is 0 Å². The summed E-state index contributed by atoms with van der Waals surface area (Å²) in [6.45, 7) is 7.83. The smallest absolute Gasteiger partial charge is 0.262 e. The molecule has 7 nitrogen and oxygen atoms in total. The zero-order chi connectivity index (χ0) is 33.3. The predicted octanol–water partition coefficient (Wildman–Crippen LogP) is 9.40. The number of nitrogens with two attached hydrogens (primary N) is 1. The normalized spacial score (nSPS) is 15.9. The van der Waals surface area contributed by atoms with Gasteiger partial charge in [-0.2, -0.15) is 0 Å². The summed E-state index contributed by atoms with van der Waals surface area (Å²) >= 11 is 13.1. The van der Waals surface area contributed by atoms with Crippen LogP contribution in [0, 0.1) is 5.41 Å². The number of amides is 1. The van der Waals surface area contributed by atoms with Crippen LogP contribution >= 0.6 is 54.7 Å². The molecule has 1 atom stereocenters. The lowest BCUT2D eigenvalue weighted by Gasteiger charge is -2.34. The number of fused-ring (bicyclic) bond motifs is 1. The van der Waals surface area contributed by atoms with Gasteiger partial charge < -0.3 is 11.1 Å². The number of allylic oxidation sites excluding steroid dienone is 3. The zero-order valence-electron chi connectivity index (χ0n) is 26.0. The summed E-state index contributed by atoms with van der Waals surface area (Å²) in [7, 11) is -2.17. The molecule has 0 aliphatic carbocycles. The molecule has 0 saturated carbocycles. The second-order valence-corrected chi connectivity index (χ2v) is 17.9. The maximum atomic E-state index is 13.2. The van der Waals surface area contributed by atoms with Crippen LogP contribution in [0.2, 0.25) is 0 Å². The van der Waals surface area contributed by atoms with Gasteiger partial charge in [0.15, 0.2) is 0 Å². The number of hydrogen-bond acceptors (Lipinski definition) is 9. The summed E-state index contributed by atoms with van der Waals surface area (Å²) in [6, 6.07) is 23.1. The Labute approximate surface area is 290 Å². The minimum absolute atomic E-state index is 0.0218. The van der Waals surface area contributed by atoms with Crippen LogP contribution < -0.4 is 15.8 Å². The Bertz CT molecular complexity index is 1810. The molecule has 0 saturated heterocycles. The molecule has 1 aromatic heterocycles. The number of carbonyl (C=O) groups is 1. The van der Waals surface area contributed by atoms with Gasteiger partial charge in [0.05, 0.1) is 21.2 Å². The second kappa shape index (κ2) is 16.5. The van der Waals surface area contributed by atoms with E-state index >= 15 is 0 Å². The van der Waals surface area contributed by atoms with E-state index in [4.69, 9.17) is 39.4 Å². The molecule has 0 spiro atoms. The van der Waals surface area contributed by atoms with Gasteiger partial charge in [0.1, 0.15) is 15.9 Å². The Morgan fingerprint density at radius 1 is 1.09 bits per heavy atom. The molecule has 1 amide bonds. The number of aromatic nitrogens is 1. The van der Waals surface area contributed by atoms with E-state index in [0.717, 1.165) is 36.3 Å². The van der Waals surface area contributed by atoms with Gasteiger partial charge in [-0.3, -0.25) is 14.9 Å². The number of para-hydroxylation sites is 1. The number of thiazole rings is 1. The van der Waals surface area contributed by atoms with Crippen molar-refractivity contribution in [3.8, 4) is 0 Å². The second-order valence-electron chi connectivity index (χ2n) is 9.81. The molecular weight excluding hydrogens is 669 g/mol. The van der Waals surface area contributed by atoms with E-state index in [2.05, 4.69) is 21.1 Å². The SMILES string of the molecule is CC.C\C=C/N=C1/SC(C(=O)Nc2cccc(S(S)(S)NC(Cc3cccc(C(=N)N)c3)c3nc4ccccc4s3)c2)=C/C1=C/C. The quantitative estimate of drug-likeness (QED) is 0.0426. The molecule has 4 aromatic rings. The predicted molar refractivity (Wildman–Crippen MR) is 209 cm³/mol. The zero-order valence-corrected chi connectivity index (χ0v) is 30.3. The van der Waals surface area contributed by atoms with Crippen LogP contribution in [-0.2, 0) is 11.2 Å². The third-order valence-corrected chi connectivity index (χ3v) is 12.3. The molecule has 5 rings (SSSR count). The van der Waals surface area contributed by atoms with Gasteiger partial charge in [-0.05, 0) is 68.3 Å². The van der Waals surface area contributed by atoms with Crippen LogP contribution in [0.15, 0.2) is 118 Å². The molecule has 12 heteroatoms. The summed E-state index contributed by atoms with van der Waals surface area (Å²) in [5.74, 6) is -0.185. The van der Waals surface area contributed by atoms with E-state index in [1.165, 1.54) is 11.8 Å². The number of nitrogens with zero attached hydrogens (tertiary/aromatic N) is 2. The lowest BCUT2D eigenvalue weighted by atomic mass is 10.0. The van der Waals surface area contributed by atoms with Gasteiger partial charge in [0, 0.05) is 27.9 Å². The Kier molecular flexibility index (Phi) is 12.8. The van der Waals surface area contributed by atoms with Crippen molar-refractivity contribution in [1.29, 1.82) is 5.41 Å². The van der Waals surface area contributed by atoms with Gasteiger partial charge >= 0.3 is 0 Å². The highest BCUT2D eigenvalue weighted by Crippen LogP contribution is 2.62. The van der Waals surface area contributed by atoms with Crippen molar-refractivity contribution in [2.75, 3.05) is 5.32 Å². The Morgan fingerprint density at radius 2 is 1.85 bits per heavy atom. The summed E-state index contributed by atoms with van der Waals surface area (Å²) in [5, 5.41) is 12.6. The average Bonchev–Trinajstić information content (AvgIpc) is 3.69. The first kappa shape index (κ1) is 35.6. The minimum atomic E-state index is -2.17. The minimum Gasteiger partial charge on any atom is -0.384 e. The third-order valence-electron chi connectivity index (χ3n) is 6.63. The van der Waals surface area contributed by atoms with E-state index in [1.54, 1.807) is 17.5 Å². The number of nitrogens with one attached hydrogen (secondary N) is 3. The molecule has 0 radical (unpaired) electrons. The molecule has 1 aliphatic rings. The summed E-state index contributed by atoms with van der Waals surface area (Å²) < 4.78 is 4.77. The fraction of sp³-hybridized carbons (Fsp3) is 0.176. The highest BCUT2D eigenvalue weighted by Gasteiger charge is 2.27.